The van der Waals surface area contributed by atoms with Crippen LogP contribution in [0, 0.1) is 6.92 Å². The first-order valence-electron chi connectivity index (χ1n) is 4.71. The zero-order valence-electron chi connectivity index (χ0n) is 9.67. The van der Waals surface area contributed by atoms with E-state index in [9.17, 15) is 4.79 Å². The van der Waals surface area contributed by atoms with Gasteiger partial charge in [-0.15, -0.1) is 5.10 Å². The fraction of sp³-hybridized carbons (Fsp3) is 0.444. The van der Waals surface area contributed by atoms with Gasteiger partial charge < -0.3 is 13.6 Å². The molecule has 0 atom stereocenters. The standard InChI is InChI=1S/C9H14N4O4/c1-6-7(17-9(14)16-6)4-13(10)8(5-15-3)12-11-2/h2,4-5,10H2,1,3H3/b12-8-. The first-order valence-corrected chi connectivity index (χ1v) is 4.71. The number of rotatable bonds is 5. The van der Waals surface area contributed by atoms with Gasteiger partial charge >= 0.3 is 5.82 Å². The van der Waals surface area contributed by atoms with Gasteiger partial charge in [-0.25, -0.2) is 10.6 Å². The van der Waals surface area contributed by atoms with Gasteiger partial charge in [-0.05, 0) is 6.92 Å². The van der Waals surface area contributed by atoms with Crippen LogP contribution in [0.3, 0.4) is 0 Å². The summed E-state index contributed by atoms with van der Waals surface area (Å²) in [6.07, 6.45) is 0. The lowest BCUT2D eigenvalue weighted by molar-refractivity contribution is 0.226. The van der Waals surface area contributed by atoms with Crippen LogP contribution in [0.5, 0.6) is 0 Å². The molecule has 8 heteroatoms. The highest BCUT2D eigenvalue weighted by Gasteiger charge is 2.14. The minimum Gasteiger partial charge on any atom is -0.396 e. The molecule has 0 aliphatic heterocycles. The van der Waals surface area contributed by atoms with Crippen molar-refractivity contribution in [3.63, 3.8) is 0 Å². The van der Waals surface area contributed by atoms with Crippen LogP contribution in [0.1, 0.15) is 11.5 Å². The van der Waals surface area contributed by atoms with Crippen LogP contribution in [-0.4, -0.2) is 31.3 Å². The average molecular weight is 242 g/mol. The number of nitrogens with two attached hydrogens (primary N) is 1. The maximum Gasteiger partial charge on any atom is 0.519 e. The fourth-order valence-corrected chi connectivity index (χ4v) is 1.14. The largest absolute Gasteiger partial charge is 0.519 e. The molecule has 0 unspecified atom stereocenters. The highest BCUT2D eigenvalue weighted by Crippen LogP contribution is 2.07. The molecule has 0 fully saturated rings. The second kappa shape index (κ2) is 5.97. The van der Waals surface area contributed by atoms with E-state index in [2.05, 4.69) is 16.9 Å². The summed E-state index contributed by atoms with van der Waals surface area (Å²) in [4.78, 5) is 10.8. The number of amidine groups is 1. The summed E-state index contributed by atoms with van der Waals surface area (Å²) in [5, 5.41) is 8.30. The van der Waals surface area contributed by atoms with E-state index >= 15 is 0 Å². The van der Waals surface area contributed by atoms with Crippen molar-refractivity contribution in [1.29, 1.82) is 0 Å². The molecule has 0 aliphatic rings. The van der Waals surface area contributed by atoms with E-state index in [0.717, 1.165) is 0 Å². The first-order chi connectivity index (χ1) is 8.08. The Hall–Kier alpha value is -1.93. The topological polar surface area (TPSA) is 107 Å². The average Bonchev–Trinajstić information content (AvgIpc) is 2.57. The van der Waals surface area contributed by atoms with Crippen LogP contribution in [0.25, 0.3) is 0 Å². The van der Waals surface area contributed by atoms with Gasteiger partial charge in [0.25, 0.3) is 0 Å². The van der Waals surface area contributed by atoms with E-state index < -0.39 is 5.82 Å². The zero-order chi connectivity index (χ0) is 12.8. The molecule has 17 heavy (non-hydrogen) atoms. The normalized spacial score (nSPS) is 11.6. The smallest absolute Gasteiger partial charge is 0.396 e. The molecule has 1 aromatic heterocycles. The molecule has 0 aliphatic carbocycles. The third-order valence-corrected chi connectivity index (χ3v) is 1.94. The molecule has 1 aromatic rings. The maximum absolute atomic E-state index is 10.8. The Kier molecular flexibility index (Phi) is 4.61. The van der Waals surface area contributed by atoms with Gasteiger partial charge in [-0.1, -0.05) is 0 Å². The summed E-state index contributed by atoms with van der Waals surface area (Å²) in [5.41, 5.74) is 0. The highest BCUT2D eigenvalue weighted by molar-refractivity contribution is 5.82. The van der Waals surface area contributed by atoms with Crippen molar-refractivity contribution in [1.82, 2.24) is 5.01 Å². The van der Waals surface area contributed by atoms with Crippen molar-refractivity contribution in [2.24, 2.45) is 16.0 Å². The number of hydrogen-bond donors (Lipinski definition) is 1. The number of nitrogens with zero attached hydrogens (tertiary/aromatic N) is 3. The van der Waals surface area contributed by atoms with Crippen molar-refractivity contribution < 1.29 is 13.6 Å². The van der Waals surface area contributed by atoms with E-state index in [1.54, 1.807) is 6.92 Å². The molecule has 1 heterocycles. The van der Waals surface area contributed by atoms with E-state index in [0.29, 0.717) is 17.4 Å². The molecule has 2 N–H and O–H groups in total. The molecule has 1 rings (SSSR count). The van der Waals surface area contributed by atoms with Crippen molar-refractivity contribution in [2.45, 2.75) is 13.5 Å². The van der Waals surface area contributed by atoms with Crippen molar-refractivity contribution in [3.8, 4) is 0 Å². The van der Waals surface area contributed by atoms with Crippen LogP contribution >= 0.6 is 0 Å². The summed E-state index contributed by atoms with van der Waals surface area (Å²) in [5.74, 6) is 6.01. The molecule has 0 saturated carbocycles. The van der Waals surface area contributed by atoms with Crippen molar-refractivity contribution in [2.75, 3.05) is 13.7 Å². The molecule has 94 valence electrons. The number of ether oxygens (including phenoxy) is 1. The fourth-order valence-electron chi connectivity index (χ4n) is 1.14. The molecule has 8 nitrogen and oxygen atoms in total. The molecule has 0 spiro atoms. The Labute approximate surface area is 97.3 Å². The third-order valence-electron chi connectivity index (χ3n) is 1.94. The third kappa shape index (κ3) is 3.54. The van der Waals surface area contributed by atoms with Crippen LogP contribution < -0.4 is 11.7 Å². The van der Waals surface area contributed by atoms with Crippen LogP contribution in [0.4, 0.5) is 0 Å². The lowest BCUT2D eigenvalue weighted by Crippen LogP contribution is -2.39. The monoisotopic (exact) mass is 242 g/mol. The van der Waals surface area contributed by atoms with Gasteiger partial charge in [0.05, 0.1) is 6.54 Å². The Morgan fingerprint density at radius 1 is 1.59 bits per heavy atom. The Morgan fingerprint density at radius 3 is 2.76 bits per heavy atom. The number of methoxy groups -OCH3 is 1. The summed E-state index contributed by atoms with van der Waals surface area (Å²) in [7, 11) is 1.50. The molecular formula is C9H14N4O4. The summed E-state index contributed by atoms with van der Waals surface area (Å²) in [6.45, 7) is 5.11. The summed E-state index contributed by atoms with van der Waals surface area (Å²) >= 11 is 0. The predicted octanol–water partition coefficient (Wildman–Crippen LogP) is -0.123. The molecular weight excluding hydrogens is 228 g/mol. The molecule has 0 radical (unpaired) electrons. The zero-order valence-corrected chi connectivity index (χ0v) is 9.67. The van der Waals surface area contributed by atoms with Gasteiger partial charge in [-0.3, -0.25) is 5.01 Å². The Morgan fingerprint density at radius 2 is 2.29 bits per heavy atom. The van der Waals surface area contributed by atoms with E-state index in [1.165, 1.54) is 12.1 Å². The predicted molar refractivity (Wildman–Crippen MR) is 60.6 cm³/mol. The lowest BCUT2D eigenvalue weighted by atomic mass is 10.4. The van der Waals surface area contributed by atoms with Gasteiger partial charge in [0.1, 0.15) is 12.4 Å². The van der Waals surface area contributed by atoms with Gasteiger partial charge in [0.2, 0.25) is 0 Å². The second-order valence-electron chi connectivity index (χ2n) is 3.15. The van der Waals surface area contributed by atoms with E-state index in [4.69, 9.17) is 19.4 Å². The van der Waals surface area contributed by atoms with Crippen LogP contribution in [0.15, 0.2) is 23.8 Å². The molecule has 0 aromatic carbocycles. The first kappa shape index (κ1) is 13.1. The van der Waals surface area contributed by atoms with Crippen LogP contribution in [-0.2, 0) is 11.3 Å². The van der Waals surface area contributed by atoms with Crippen molar-refractivity contribution in [3.05, 3.63) is 22.1 Å². The SMILES string of the molecule is C=N/N=C(/COC)N(N)Cc1oc(=O)oc1C. The highest BCUT2D eigenvalue weighted by atomic mass is 16.6. The number of aryl methyl sites for hydroxylation is 1. The quantitative estimate of drug-likeness (QED) is 0.334. The minimum atomic E-state index is -0.766. The van der Waals surface area contributed by atoms with Gasteiger partial charge in [0, 0.05) is 13.8 Å². The van der Waals surface area contributed by atoms with E-state index in [1.807, 2.05) is 0 Å². The Balaban J connectivity index is 2.79. The number of hydrazine groups is 1. The molecule has 0 amide bonds. The second-order valence-corrected chi connectivity index (χ2v) is 3.15. The minimum absolute atomic E-state index is 0.120. The Bertz CT molecular complexity index is 462. The van der Waals surface area contributed by atoms with Gasteiger partial charge in [0.15, 0.2) is 11.6 Å². The molecule has 0 saturated heterocycles. The lowest BCUT2D eigenvalue weighted by Gasteiger charge is -2.17. The van der Waals surface area contributed by atoms with Gasteiger partial charge in [-0.2, -0.15) is 5.10 Å². The molecule has 0 bridgehead atoms. The number of hydrogen-bond acceptors (Lipinski definition) is 7. The van der Waals surface area contributed by atoms with E-state index in [-0.39, 0.29) is 13.2 Å². The summed E-state index contributed by atoms with van der Waals surface area (Å²) < 4.78 is 14.4. The maximum atomic E-state index is 10.8. The van der Waals surface area contributed by atoms with Crippen molar-refractivity contribution >= 4 is 12.6 Å². The summed E-state index contributed by atoms with van der Waals surface area (Å²) in [6, 6.07) is 0. The van der Waals surface area contributed by atoms with Crippen LogP contribution in [0.2, 0.25) is 0 Å².